The van der Waals surface area contributed by atoms with Gasteiger partial charge in [-0.1, -0.05) is 17.2 Å². The van der Waals surface area contributed by atoms with Crippen molar-refractivity contribution in [3.05, 3.63) is 22.8 Å². The molecule has 0 heterocycles. The van der Waals surface area contributed by atoms with Crippen LogP contribution in [0.25, 0.3) is 0 Å². The zero-order valence-electron chi connectivity index (χ0n) is 6.48. The first-order valence-corrected chi connectivity index (χ1v) is 3.56. The molecule has 54 valence electrons. The van der Waals surface area contributed by atoms with E-state index in [1.54, 1.807) is 0 Å². The molecule has 0 aromatic rings. The van der Waals surface area contributed by atoms with Crippen molar-refractivity contribution in [3.8, 4) is 0 Å². The zero-order valence-corrected chi connectivity index (χ0v) is 6.48. The van der Waals surface area contributed by atoms with Crippen LogP contribution in [-0.2, 0) is 4.79 Å². The fourth-order valence-electron chi connectivity index (χ4n) is 1.10. The number of carbonyl (C=O) groups excluding carboxylic acids is 1. The van der Waals surface area contributed by atoms with Crippen LogP contribution >= 0.6 is 0 Å². The van der Waals surface area contributed by atoms with Crippen LogP contribution in [0.5, 0.6) is 0 Å². The average molecular weight is 136 g/mol. The van der Waals surface area contributed by atoms with Crippen LogP contribution in [0.4, 0.5) is 0 Å². The molecule has 1 nitrogen and oxygen atoms in total. The van der Waals surface area contributed by atoms with Gasteiger partial charge in [0.05, 0.1) is 0 Å². The molecule has 0 radical (unpaired) electrons. The monoisotopic (exact) mass is 136 g/mol. The molecule has 0 aliphatic heterocycles. The van der Waals surface area contributed by atoms with Gasteiger partial charge in [0.15, 0.2) is 0 Å². The first-order valence-electron chi connectivity index (χ1n) is 3.56. The lowest BCUT2D eigenvalue weighted by Crippen LogP contribution is -1.95. The Morgan fingerprint density at radius 3 is 2.60 bits per heavy atom. The first kappa shape index (κ1) is 7.26. The molecule has 0 unspecified atom stereocenters. The van der Waals surface area contributed by atoms with Gasteiger partial charge in [0.25, 0.3) is 0 Å². The highest BCUT2D eigenvalue weighted by Gasteiger charge is 2.05. The number of aldehydes is 1. The molecule has 0 saturated heterocycles. The van der Waals surface area contributed by atoms with E-state index < -0.39 is 0 Å². The van der Waals surface area contributed by atoms with Crippen LogP contribution in [0.15, 0.2) is 22.8 Å². The van der Waals surface area contributed by atoms with E-state index >= 15 is 0 Å². The second kappa shape index (κ2) is 2.82. The molecular weight excluding hydrogens is 124 g/mol. The predicted octanol–water partition coefficient (Wildman–Crippen LogP) is 2.24. The van der Waals surface area contributed by atoms with Crippen molar-refractivity contribution in [1.82, 2.24) is 0 Å². The Bertz CT molecular complexity index is 209. The van der Waals surface area contributed by atoms with Crippen LogP contribution in [0.3, 0.4) is 0 Å². The van der Waals surface area contributed by atoms with Crippen LogP contribution in [0, 0.1) is 0 Å². The van der Waals surface area contributed by atoms with E-state index in [-0.39, 0.29) is 0 Å². The highest BCUT2D eigenvalue weighted by Crippen LogP contribution is 2.21. The van der Waals surface area contributed by atoms with Gasteiger partial charge in [-0.3, -0.25) is 4.79 Å². The van der Waals surface area contributed by atoms with Crippen LogP contribution in [0.2, 0.25) is 0 Å². The molecule has 0 saturated carbocycles. The minimum absolute atomic E-state index is 0.923. The summed E-state index contributed by atoms with van der Waals surface area (Å²) in [6, 6.07) is 0. The predicted molar refractivity (Wildman–Crippen MR) is 41.8 cm³/mol. The summed E-state index contributed by atoms with van der Waals surface area (Å²) >= 11 is 0. The highest BCUT2D eigenvalue weighted by molar-refractivity contribution is 5.74. The lowest BCUT2D eigenvalue weighted by Gasteiger charge is -2.10. The van der Waals surface area contributed by atoms with Crippen LogP contribution in [0.1, 0.15) is 26.7 Å². The average Bonchev–Trinajstić information content (AvgIpc) is 1.95. The third-order valence-corrected chi connectivity index (χ3v) is 2.02. The van der Waals surface area contributed by atoms with Gasteiger partial charge in [-0.25, -0.2) is 0 Å². The van der Waals surface area contributed by atoms with E-state index in [9.17, 15) is 4.79 Å². The molecule has 0 spiro atoms. The van der Waals surface area contributed by atoms with Gasteiger partial charge in [-0.2, -0.15) is 0 Å². The molecule has 1 rings (SSSR count). The molecule has 0 amide bonds. The molecule has 1 heteroatoms. The summed E-state index contributed by atoms with van der Waals surface area (Å²) in [5.41, 5.74) is 3.60. The van der Waals surface area contributed by atoms with E-state index in [1.165, 1.54) is 11.1 Å². The van der Waals surface area contributed by atoms with Crippen molar-refractivity contribution < 1.29 is 4.79 Å². The third-order valence-electron chi connectivity index (χ3n) is 2.02. The first-order chi connectivity index (χ1) is 4.74. The maximum Gasteiger partial charge on any atom is 0.146 e. The fraction of sp³-hybridized carbons (Fsp3) is 0.444. The summed E-state index contributed by atoms with van der Waals surface area (Å²) in [7, 11) is 0. The Morgan fingerprint density at radius 1 is 1.40 bits per heavy atom. The van der Waals surface area contributed by atoms with Crippen molar-refractivity contribution in [2.45, 2.75) is 26.7 Å². The molecule has 0 bridgehead atoms. The SMILES string of the molecule is CC1=C(C)CCC(C=O)=C1. The van der Waals surface area contributed by atoms with E-state index in [1.807, 2.05) is 6.08 Å². The minimum atomic E-state index is 0.923. The molecule has 0 N–H and O–H groups in total. The van der Waals surface area contributed by atoms with Crippen molar-refractivity contribution in [2.24, 2.45) is 0 Å². The van der Waals surface area contributed by atoms with Crippen LogP contribution < -0.4 is 0 Å². The summed E-state index contributed by atoms with van der Waals surface area (Å²) in [5.74, 6) is 0. The Morgan fingerprint density at radius 2 is 2.10 bits per heavy atom. The summed E-state index contributed by atoms with van der Waals surface area (Å²) in [6.07, 6.45) is 4.91. The molecular formula is C9H12O. The lowest BCUT2D eigenvalue weighted by molar-refractivity contribution is -0.105. The van der Waals surface area contributed by atoms with Crippen molar-refractivity contribution >= 4 is 6.29 Å². The Kier molecular flexibility index (Phi) is 2.05. The van der Waals surface area contributed by atoms with E-state index in [4.69, 9.17) is 0 Å². The number of rotatable bonds is 1. The number of carbonyl (C=O) groups is 1. The molecule has 10 heavy (non-hydrogen) atoms. The summed E-state index contributed by atoms with van der Waals surface area (Å²) in [4.78, 5) is 10.3. The van der Waals surface area contributed by atoms with Gasteiger partial charge >= 0.3 is 0 Å². The number of hydrogen-bond donors (Lipinski definition) is 0. The van der Waals surface area contributed by atoms with Crippen molar-refractivity contribution in [2.75, 3.05) is 0 Å². The van der Waals surface area contributed by atoms with Gasteiger partial charge < -0.3 is 0 Å². The molecule has 0 fully saturated rings. The third kappa shape index (κ3) is 1.35. The largest absolute Gasteiger partial charge is 0.298 e. The van der Waals surface area contributed by atoms with Gasteiger partial charge in [-0.15, -0.1) is 0 Å². The van der Waals surface area contributed by atoms with E-state index in [2.05, 4.69) is 13.8 Å². The Hall–Kier alpha value is -0.850. The highest BCUT2D eigenvalue weighted by atomic mass is 16.1. The van der Waals surface area contributed by atoms with Crippen molar-refractivity contribution in [3.63, 3.8) is 0 Å². The Balaban J connectivity index is 2.86. The maximum atomic E-state index is 10.3. The van der Waals surface area contributed by atoms with Crippen LogP contribution in [-0.4, -0.2) is 6.29 Å². The lowest BCUT2D eigenvalue weighted by atomic mass is 9.95. The summed E-state index contributed by atoms with van der Waals surface area (Å²) in [5, 5.41) is 0. The second-order valence-electron chi connectivity index (χ2n) is 2.80. The van der Waals surface area contributed by atoms with Gasteiger partial charge in [-0.05, 0) is 32.3 Å². The van der Waals surface area contributed by atoms with Gasteiger partial charge in [0.1, 0.15) is 6.29 Å². The number of allylic oxidation sites excluding steroid dienone is 4. The Labute approximate surface area is 61.4 Å². The van der Waals surface area contributed by atoms with Gasteiger partial charge in [0, 0.05) is 0 Å². The van der Waals surface area contributed by atoms with E-state index in [0.29, 0.717) is 0 Å². The second-order valence-corrected chi connectivity index (χ2v) is 2.80. The summed E-state index contributed by atoms with van der Waals surface area (Å²) < 4.78 is 0. The topological polar surface area (TPSA) is 17.1 Å². The smallest absolute Gasteiger partial charge is 0.146 e. The quantitative estimate of drug-likeness (QED) is 0.505. The molecule has 1 aliphatic carbocycles. The van der Waals surface area contributed by atoms with Crippen molar-refractivity contribution in [1.29, 1.82) is 0 Å². The number of hydrogen-bond acceptors (Lipinski definition) is 1. The minimum Gasteiger partial charge on any atom is -0.298 e. The normalized spacial score (nSPS) is 18.8. The van der Waals surface area contributed by atoms with Gasteiger partial charge in [0.2, 0.25) is 0 Å². The maximum absolute atomic E-state index is 10.3. The standard InChI is InChI=1S/C9H12O/c1-7-3-4-9(6-10)5-8(7)2/h5-6H,3-4H2,1-2H3. The molecule has 0 atom stereocenters. The van der Waals surface area contributed by atoms with E-state index in [0.717, 1.165) is 24.7 Å². The fourth-order valence-corrected chi connectivity index (χ4v) is 1.10. The molecule has 0 aromatic heterocycles. The zero-order chi connectivity index (χ0) is 7.56. The summed E-state index contributed by atoms with van der Waals surface area (Å²) in [6.45, 7) is 4.17. The molecule has 0 aromatic carbocycles. The molecule has 1 aliphatic rings.